The van der Waals surface area contributed by atoms with E-state index in [9.17, 15) is 24.0 Å². The molecular weight excluding hydrogens is 807 g/mol. The largest absolute Gasteiger partial charge is 0.481 e. The predicted octanol–water partition coefficient (Wildman–Crippen LogP) is 2.88. The van der Waals surface area contributed by atoms with Crippen molar-refractivity contribution < 1.29 is 43.7 Å². The number of carboxylic acid groups (broad SMARTS) is 2. The lowest BCUT2D eigenvalue weighted by atomic mass is 10.0. The van der Waals surface area contributed by atoms with Crippen LogP contribution in [0.3, 0.4) is 0 Å². The van der Waals surface area contributed by atoms with Crippen molar-refractivity contribution >= 4 is 64.1 Å². The highest BCUT2D eigenvalue weighted by atomic mass is 32.2. The molecule has 8 N–H and O–H groups in total. The number of piperazine rings is 1. The number of nitrogens with two attached hydrogens (primary N) is 2. The maximum atomic E-state index is 12.8. The zero-order valence-electron chi connectivity index (χ0n) is 35.4. The number of carbonyl (C=O) groups excluding carboxylic acids is 3. The first-order chi connectivity index (χ1) is 29.3. The number of nitrogen functional groups attached to an aromatic ring is 1. The fourth-order valence-electron chi connectivity index (χ4n) is 6.84. The third-order valence-corrected chi connectivity index (χ3v) is 11.6. The molecule has 2 atom stereocenters. The summed E-state index contributed by atoms with van der Waals surface area (Å²) in [4.78, 5) is 72.7. The van der Waals surface area contributed by atoms with Crippen LogP contribution in [-0.4, -0.2) is 147 Å². The number of anilines is 2. The maximum Gasteiger partial charge on any atom is 0.321 e. The molecule has 3 aromatic rings. The lowest BCUT2D eigenvalue weighted by Crippen LogP contribution is -2.48. The van der Waals surface area contributed by atoms with E-state index in [0.717, 1.165) is 74.1 Å². The molecule has 1 fully saturated rings. The number of carboxylic acids is 2. The molecule has 18 nitrogen and oxygen atoms in total. The fourth-order valence-corrected chi connectivity index (χ4v) is 7.92. The number of rotatable bonds is 29. The van der Waals surface area contributed by atoms with E-state index in [-0.39, 0.29) is 42.8 Å². The van der Waals surface area contributed by atoms with Gasteiger partial charge in [0.25, 0.3) is 0 Å². The Bertz CT molecular complexity index is 1900. The molecule has 3 heterocycles. The number of thioether (sulfide) groups is 1. The Kier molecular flexibility index (Phi) is 20.7. The third kappa shape index (κ3) is 16.9. The van der Waals surface area contributed by atoms with Crippen LogP contribution in [0.4, 0.5) is 11.8 Å². The van der Waals surface area contributed by atoms with E-state index in [2.05, 4.69) is 62.1 Å². The molecule has 1 aliphatic rings. The van der Waals surface area contributed by atoms with E-state index in [1.165, 1.54) is 16.7 Å². The van der Waals surface area contributed by atoms with Gasteiger partial charge in [0.15, 0.2) is 5.82 Å². The number of aryl methyl sites for hydroxylation is 1. The van der Waals surface area contributed by atoms with Crippen LogP contribution in [0.15, 0.2) is 30.5 Å². The van der Waals surface area contributed by atoms with Crippen LogP contribution in [0.1, 0.15) is 75.0 Å². The minimum absolute atomic E-state index is 0.0398. The number of hydrogen-bond donors (Lipinski definition) is 6. The Hall–Kier alpha value is -4.82. The van der Waals surface area contributed by atoms with Crippen molar-refractivity contribution in [3.63, 3.8) is 0 Å². The number of ether oxygens (including phenoxy) is 2. The molecule has 0 bridgehead atoms. The summed E-state index contributed by atoms with van der Waals surface area (Å²) in [6.07, 6.45) is 6.03. The minimum atomic E-state index is -1.24. The SMILES string of the molecule is CCCCCNc1nc(N)nc2ccn(Cc3ccc(CN4CCN(C(=O)CCOCCOCCCC(=O)CCNC(=O)[C@@H](CC(=O)O)SC[C@H](N)C(=O)O)CC4)cc3C)c12. The highest BCUT2D eigenvalue weighted by Gasteiger charge is 2.25. The number of benzene rings is 1. The quantitative estimate of drug-likeness (QED) is 0.0549. The number of aromatic nitrogens is 3. The summed E-state index contributed by atoms with van der Waals surface area (Å²) in [5, 5.41) is 23.0. The monoisotopic (exact) mass is 869 g/mol. The Morgan fingerprint density at radius 3 is 2.36 bits per heavy atom. The highest BCUT2D eigenvalue weighted by Crippen LogP contribution is 2.25. The van der Waals surface area contributed by atoms with E-state index >= 15 is 0 Å². The normalized spacial score (nSPS) is 14.2. The second-order valence-corrected chi connectivity index (χ2v) is 16.4. The summed E-state index contributed by atoms with van der Waals surface area (Å²) in [6.45, 7) is 10.9. The van der Waals surface area contributed by atoms with Crippen LogP contribution in [0.2, 0.25) is 0 Å². The van der Waals surface area contributed by atoms with Crippen molar-refractivity contribution in [2.75, 3.05) is 82.5 Å². The van der Waals surface area contributed by atoms with Crippen LogP contribution < -0.4 is 22.1 Å². The lowest BCUT2D eigenvalue weighted by molar-refractivity contribution is -0.138. The second kappa shape index (κ2) is 25.8. The van der Waals surface area contributed by atoms with Crippen molar-refractivity contribution in [3.8, 4) is 0 Å². The van der Waals surface area contributed by atoms with Crippen molar-refractivity contribution in [2.24, 2.45) is 5.73 Å². The molecule has 0 saturated carbocycles. The summed E-state index contributed by atoms with van der Waals surface area (Å²) in [7, 11) is 0. The highest BCUT2D eigenvalue weighted by molar-refractivity contribution is 8.00. The van der Waals surface area contributed by atoms with Gasteiger partial charge in [-0.05, 0) is 42.5 Å². The number of fused-ring (bicyclic) bond motifs is 1. The predicted molar refractivity (Wildman–Crippen MR) is 234 cm³/mol. The maximum absolute atomic E-state index is 12.8. The number of ketones is 1. The number of nitrogens with one attached hydrogen (secondary N) is 2. The molecule has 1 saturated heterocycles. The van der Waals surface area contributed by atoms with Gasteiger partial charge in [0.05, 0.1) is 43.4 Å². The summed E-state index contributed by atoms with van der Waals surface area (Å²) in [5.74, 6) is -2.14. The number of carbonyl (C=O) groups is 5. The number of unbranched alkanes of at least 4 members (excludes halogenated alkanes) is 2. The molecule has 4 rings (SSSR count). The summed E-state index contributed by atoms with van der Waals surface area (Å²) < 4.78 is 13.3. The van der Waals surface area contributed by atoms with E-state index in [0.29, 0.717) is 58.9 Å². The molecule has 0 unspecified atom stereocenters. The molecule has 2 aromatic heterocycles. The van der Waals surface area contributed by atoms with E-state index in [1.807, 2.05) is 17.2 Å². The standard InChI is InChI=1S/C42H63N9O9S/c1-3-4-5-13-45-39-38-34(47-42(44)48-39)11-15-51(38)27-31-9-8-30(24-29(31)2)26-49-16-18-50(19-17-49)36(53)12-21-60-23-22-59-20-6-7-32(52)10-14-46-40(56)35(25-37(54)55)61-28-33(43)41(57)58/h8-9,11,15,24,33,35H,3-7,10,12-14,16-23,25-28,43H2,1-2H3,(H,46,56)(H,54,55)(H,57,58)(H3,44,45,47,48)/t33-,35+/m0/s1. The number of Topliss-reactive ketones (excluding diaryl/α,β-unsaturated/α-hetero) is 1. The van der Waals surface area contributed by atoms with Crippen molar-refractivity contribution in [1.29, 1.82) is 0 Å². The first-order valence-electron chi connectivity index (χ1n) is 21.1. The van der Waals surface area contributed by atoms with E-state index in [1.54, 1.807) is 0 Å². The van der Waals surface area contributed by atoms with Crippen LogP contribution in [0.25, 0.3) is 11.0 Å². The van der Waals surface area contributed by atoms with Crippen molar-refractivity contribution in [1.82, 2.24) is 29.7 Å². The molecule has 0 radical (unpaired) electrons. The number of nitrogens with zero attached hydrogens (tertiary/aromatic N) is 5. The molecule has 1 aromatic carbocycles. The van der Waals surface area contributed by atoms with Gasteiger partial charge in [0.2, 0.25) is 17.8 Å². The average molecular weight is 870 g/mol. The molecule has 336 valence electrons. The number of aliphatic carboxylic acids is 2. The Morgan fingerprint density at radius 2 is 1.66 bits per heavy atom. The molecule has 2 amide bonds. The van der Waals surface area contributed by atoms with E-state index in [4.69, 9.17) is 31.2 Å². The summed E-state index contributed by atoms with van der Waals surface area (Å²) >= 11 is 0.854. The molecule has 0 aliphatic carbocycles. The first-order valence-corrected chi connectivity index (χ1v) is 22.1. The minimum Gasteiger partial charge on any atom is -0.481 e. The summed E-state index contributed by atoms with van der Waals surface area (Å²) in [6, 6.07) is 7.39. The smallest absolute Gasteiger partial charge is 0.321 e. The first kappa shape index (κ1) is 48.8. The van der Waals surface area contributed by atoms with Gasteiger partial charge in [-0.25, -0.2) is 4.98 Å². The molecule has 1 aliphatic heterocycles. The molecule has 19 heteroatoms. The molecule has 0 spiro atoms. The zero-order valence-corrected chi connectivity index (χ0v) is 36.3. The topological polar surface area (TPSA) is 258 Å². The fraction of sp³-hybridized carbons (Fsp3) is 0.595. The van der Waals surface area contributed by atoms with Crippen LogP contribution in [0.5, 0.6) is 0 Å². The lowest BCUT2D eigenvalue weighted by Gasteiger charge is -2.35. The number of amides is 2. The molecule has 61 heavy (non-hydrogen) atoms. The van der Waals surface area contributed by atoms with Gasteiger partial charge in [-0.1, -0.05) is 38.0 Å². The van der Waals surface area contributed by atoms with Crippen LogP contribution >= 0.6 is 11.8 Å². The Labute approximate surface area is 361 Å². The van der Waals surface area contributed by atoms with Gasteiger partial charge in [-0.3, -0.25) is 28.9 Å². The van der Waals surface area contributed by atoms with Crippen LogP contribution in [-0.2, 0) is 46.5 Å². The average Bonchev–Trinajstić information content (AvgIpc) is 3.63. The van der Waals surface area contributed by atoms with E-state index < -0.39 is 35.6 Å². The Balaban J connectivity index is 1.05. The van der Waals surface area contributed by atoms with Gasteiger partial charge in [-0.2, -0.15) is 4.98 Å². The van der Waals surface area contributed by atoms with Gasteiger partial charge >= 0.3 is 11.9 Å². The van der Waals surface area contributed by atoms with Gasteiger partial charge in [-0.15, -0.1) is 11.8 Å². The van der Waals surface area contributed by atoms with Gasteiger partial charge in [0.1, 0.15) is 17.3 Å². The van der Waals surface area contributed by atoms with Gasteiger partial charge < -0.3 is 51.3 Å². The zero-order chi connectivity index (χ0) is 44.1. The van der Waals surface area contributed by atoms with Crippen molar-refractivity contribution in [2.45, 2.75) is 89.6 Å². The third-order valence-electron chi connectivity index (χ3n) is 10.3. The Morgan fingerprint density at radius 1 is 0.902 bits per heavy atom. The van der Waals surface area contributed by atoms with Crippen LogP contribution in [0, 0.1) is 6.92 Å². The summed E-state index contributed by atoms with van der Waals surface area (Å²) in [5.41, 5.74) is 16.9. The number of hydrogen-bond acceptors (Lipinski definition) is 14. The second-order valence-electron chi connectivity index (χ2n) is 15.2. The molecular formula is C42H63N9O9S. The van der Waals surface area contributed by atoms with Crippen molar-refractivity contribution in [3.05, 3.63) is 47.2 Å². The van der Waals surface area contributed by atoms with Gasteiger partial charge in [0, 0.05) is 83.8 Å².